The third-order valence-electron chi connectivity index (χ3n) is 2.62. The number of aromatic hydroxyl groups is 1. The van der Waals surface area contributed by atoms with Crippen LogP contribution < -0.4 is 5.43 Å². The summed E-state index contributed by atoms with van der Waals surface area (Å²) >= 11 is 0. The molecule has 0 saturated heterocycles. The fourth-order valence-corrected chi connectivity index (χ4v) is 1.49. The monoisotopic (exact) mass is 299 g/mol. The highest BCUT2D eigenvalue weighted by Crippen LogP contribution is 2.22. The Kier molecular flexibility index (Phi) is 4.06. The number of hydrogen-bond acceptors (Lipinski definition) is 4. The molecule has 2 aromatic rings. The van der Waals surface area contributed by atoms with Crippen LogP contribution in [0.3, 0.4) is 0 Å². The fraction of sp³-hybridized carbons (Fsp3) is 0.0769. The van der Waals surface area contributed by atoms with Crippen molar-refractivity contribution in [3.8, 4) is 5.75 Å². The largest absolute Gasteiger partial charge is 0.508 e. The second kappa shape index (κ2) is 5.78. The van der Waals surface area contributed by atoms with Crippen LogP contribution in [0, 0.1) is 23.5 Å². The summed E-state index contributed by atoms with van der Waals surface area (Å²) in [5, 5.41) is 12.8. The van der Waals surface area contributed by atoms with E-state index < -0.39 is 29.2 Å². The van der Waals surface area contributed by atoms with Crippen LogP contribution in [0.2, 0.25) is 0 Å². The number of aromatic nitrogens is 1. The smallest absolute Gasteiger partial charge is 0.254 e. The van der Waals surface area contributed by atoms with E-state index >= 15 is 0 Å². The second-order valence-corrected chi connectivity index (χ2v) is 4.05. The number of benzene rings is 1. The maximum absolute atomic E-state index is 13.3. The Morgan fingerprint density at radius 2 is 1.57 bits per heavy atom. The van der Waals surface area contributed by atoms with Crippen LogP contribution in [0.4, 0.5) is 23.2 Å². The topological polar surface area (TPSA) is 57.5 Å². The van der Waals surface area contributed by atoms with Gasteiger partial charge in [0.05, 0.1) is 5.71 Å². The number of hydrazone groups is 1. The van der Waals surface area contributed by atoms with Crippen molar-refractivity contribution in [1.82, 2.24) is 4.98 Å². The van der Waals surface area contributed by atoms with Gasteiger partial charge in [0.25, 0.3) is 11.9 Å². The van der Waals surface area contributed by atoms with Crippen molar-refractivity contribution in [2.75, 3.05) is 5.43 Å². The van der Waals surface area contributed by atoms with Gasteiger partial charge in [-0.05, 0) is 36.8 Å². The van der Waals surface area contributed by atoms with E-state index in [1.807, 2.05) is 5.43 Å². The summed E-state index contributed by atoms with van der Waals surface area (Å²) in [7, 11) is 0. The van der Waals surface area contributed by atoms with Gasteiger partial charge in [0.1, 0.15) is 11.4 Å². The Morgan fingerprint density at radius 1 is 1.05 bits per heavy atom. The number of hydrogen-bond donors (Lipinski definition) is 2. The average Bonchev–Trinajstić information content (AvgIpc) is 2.45. The van der Waals surface area contributed by atoms with Crippen LogP contribution in [0.15, 0.2) is 29.4 Å². The molecule has 21 heavy (non-hydrogen) atoms. The van der Waals surface area contributed by atoms with Gasteiger partial charge in [-0.2, -0.15) is 27.6 Å². The number of nitrogens with one attached hydrogen (secondary N) is 1. The quantitative estimate of drug-likeness (QED) is 0.396. The molecule has 2 rings (SSSR count). The Morgan fingerprint density at radius 3 is 2.10 bits per heavy atom. The second-order valence-electron chi connectivity index (χ2n) is 4.05. The molecule has 0 radical (unpaired) electrons. The van der Waals surface area contributed by atoms with E-state index in [1.165, 1.54) is 31.2 Å². The highest BCUT2D eigenvalue weighted by Gasteiger charge is 2.20. The predicted molar refractivity (Wildman–Crippen MR) is 68.0 cm³/mol. The molecule has 0 amide bonds. The first-order chi connectivity index (χ1) is 9.90. The van der Waals surface area contributed by atoms with Gasteiger partial charge in [0, 0.05) is 0 Å². The standard InChI is InChI=1S/C13H9F4N3O/c1-6(7-2-4-8(21)5-3-7)19-20-11-9(14)12(16)18-13(17)10(11)15/h2-5,21H,1H3,(H,18,20)/b19-6+. The number of pyridine rings is 1. The van der Waals surface area contributed by atoms with E-state index in [1.54, 1.807) is 0 Å². The lowest BCUT2D eigenvalue weighted by Gasteiger charge is -2.07. The van der Waals surface area contributed by atoms with Gasteiger partial charge in [-0.25, -0.2) is 0 Å². The van der Waals surface area contributed by atoms with Crippen molar-refractivity contribution in [2.45, 2.75) is 6.92 Å². The van der Waals surface area contributed by atoms with Crippen molar-refractivity contribution in [1.29, 1.82) is 0 Å². The molecule has 4 nitrogen and oxygen atoms in total. The van der Waals surface area contributed by atoms with Crippen molar-refractivity contribution >= 4 is 11.4 Å². The number of halogens is 4. The zero-order valence-electron chi connectivity index (χ0n) is 10.7. The first-order valence-electron chi connectivity index (χ1n) is 5.70. The highest BCUT2D eigenvalue weighted by atomic mass is 19.2. The fourth-order valence-electron chi connectivity index (χ4n) is 1.49. The van der Waals surface area contributed by atoms with Crippen molar-refractivity contribution < 1.29 is 22.7 Å². The normalized spacial score (nSPS) is 11.6. The molecular weight excluding hydrogens is 290 g/mol. The molecule has 0 aliphatic carbocycles. The molecule has 0 saturated carbocycles. The molecule has 0 aliphatic heterocycles. The molecule has 0 spiro atoms. The van der Waals surface area contributed by atoms with E-state index in [4.69, 9.17) is 5.11 Å². The van der Waals surface area contributed by atoms with E-state index in [2.05, 4.69) is 10.1 Å². The Balaban J connectivity index is 2.31. The van der Waals surface area contributed by atoms with Gasteiger partial charge in [-0.15, -0.1) is 0 Å². The van der Waals surface area contributed by atoms with Gasteiger partial charge >= 0.3 is 0 Å². The van der Waals surface area contributed by atoms with Gasteiger partial charge in [-0.1, -0.05) is 0 Å². The maximum Gasteiger partial charge on any atom is 0.254 e. The van der Waals surface area contributed by atoms with Crippen LogP contribution in [0.1, 0.15) is 12.5 Å². The SMILES string of the molecule is C/C(=N\Nc1c(F)c(F)nc(F)c1F)c1ccc(O)cc1. The van der Waals surface area contributed by atoms with E-state index in [9.17, 15) is 17.6 Å². The molecule has 1 aromatic heterocycles. The predicted octanol–water partition coefficient (Wildman–Crippen LogP) is 3.18. The lowest BCUT2D eigenvalue weighted by Crippen LogP contribution is -2.07. The minimum Gasteiger partial charge on any atom is -0.508 e. The summed E-state index contributed by atoms with van der Waals surface area (Å²) in [6.45, 7) is 1.50. The summed E-state index contributed by atoms with van der Waals surface area (Å²) in [6.07, 6.45) is 0. The van der Waals surface area contributed by atoms with Crippen LogP contribution in [-0.4, -0.2) is 15.8 Å². The molecular formula is C13H9F4N3O. The van der Waals surface area contributed by atoms with E-state index in [0.717, 1.165) is 0 Å². The third kappa shape index (κ3) is 3.10. The summed E-state index contributed by atoms with van der Waals surface area (Å²) in [4.78, 5) is 2.43. The third-order valence-corrected chi connectivity index (χ3v) is 2.62. The Labute approximate surface area is 116 Å². The lowest BCUT2D eigenvalue weighted by molar-refractivity contribution is 0.411. The maximum atomic E-state index is 13.3. The molecule has 0 atom stereocenters. The molecule has 2 N–H and O–H groups in total. The molecule has 1 aromatic carbocycles. The van der Waals surface area contributed by atoms with Gasteiger partial charge in [-0.3, -0.25) is 5.43 Å². The summed E-state index contributed by atoms with van der Waals surface area (Å²) < 4.78 is 52.5. The minimum atomic E-state index is -1.77. The molecule has 0 bridgehead atoms. The van der Waals surface area contributed by atoms with Crippen molar-refractivity contribution in [3.63, 3.8) is 0 Å². The van der Waals surface area contributed by atoms with Gasteiger partial charge in [0.15, 0.2) is 0 Å². The van der Waals surface area contributed by atoms with Crippen LogP contribution in [0.5, 0.6) is 5.75 Å². The zero-order chi connectivity index (χ0) is 15.6. The molecule has 8 heteroatoms. The summed E-state index contributed by atoms with van der Waals surface area (Å²) in [5.74, 6) is -6.84. The molecule has 0 aliphatic rings. The highest BCUT2D eigenvalue weighted by molar-refractivity contribution is 5.99. The first-order valence-corrected chi connectivity index (χ1v) is 5.70. The lowest BCUT2D eigenvalue weighted by atomic mass is 10.1. The van der Waals surface area contributed by atoms with Gasteiger partial charge in [0.2, 0.25) is 11.6 Å². The van der Waals surface area contributed by atoms with Crippen LogP contribution in [0.25, 0.3) is 0 Å². The van der Waals surface area contributed by atoms with Crippen LogP contribution >= 0.6 is 0 Å². The Bertz CT molecular complexity index is 675. The summed E-state index contributed by atoms with van der Waals surface area (Å²) in [5.41, 5.74) is 1.68. The molecule has 0 unspecified atom stereocenters. The van der Waals surface area contributed by atoms with Crippen molar-refractivity contribution in [2.24, 2.45) is 5.10 Å². The molecule has 1 heterocycles. The molecule has 110 valence electrons. The number of anilines is 1. The van der Waals surface area contributed by atoms with Gasteiger partial charge < -0.3 is 5.11 Å². The zero-order valence-corrected chi connectivity index (χ0v) is 10.7. The Hall–Kier alpha value is -2.64. The van der Waals surface area contributed by atoms with Crippen molar-refractivity contribution in [3.05, 3.63) is 53.4 Å². The van der Waals surface area contributed by atoms with Crippen LogP contribution in [-0.2, 0) is 0 Å². The van der Waals surface area contributed by atoms with E-state index in [0.29, 0.717) is 5.56 Å². The molecule has 0 fully saturated rings. The minimum absolute atomic E-state index is 0.0369. The number of nitrogens with zero attached hydrogens (tertiary/aromatic N) is 2. The number of phenolic OH excluding ortho intramolecular Hbond substituents is 1. The number of phenols is 1. The summed E-state index contributed by atoms with van der Waals surface area (Å²) in [6, 6.07) is 5.80. The number of rotatable bonds is 3. The average molecular weight is 299 g/mol. The van der Waals surface area contributed by atoms with E-state index in [-0.39, 0.29) is 11.5 Å². The first kappa shape index (κ1) is 14.8.